The van der Waals surface area contributed by atoms with E-state index in [2.05, 4.69) is 6.58 Å². The lowest BCUT2D eigenvalue weighted by Crippen LogP contribution is -2.31. The summed E-state index contributed by atoms with van der Waals surface area (Å²) in [6.45, 7) is 4.97. The molecule has 0 atom stereocenters. The first-order valence-electron chi connectivity index (χ1n) is 6.34. The summed E-state index contributed by atoms with van der Waals surface area (Å²) in [5, 5.41) is 0. The average molecular weight is 261 g/mol. The van der Waals surface area contributed by atoms with Crippen molar-refractivity contribution in [3.8, 4) is 11.5 Å². The standard InChI is InChI=1S/C15H19NO3/c1-4-15(17)16-7-5-11-9-13(18-2)14(19-3)10-12(11)6-8-16/h4,9-10H,1,5-8H2,2-3H3. The molecule has 1 aromatic carbocycles. The Morgan fingerprint density at radius 2 is 1.63 bits per heavy atom. The Morgan fingerprint density at radius 1 is 1.16 bits per heavy atom. The van der Waals surface area contributed by atoms with Crippen molar-refractivity contribution in [2.24, 2.45) is 0 Å². The summed E-state index contributed by atoms with van der Waals surface area (Å²) >= 11 is 0. The van der Waals surface area contributed by atoms with Crippen molar-refractivity contribution in [1.82, 2.24) is 4.90 Å². The number of nitrogens with zero attached hydrogens (tertiary/aromatic N) is 1. The quantitative estimate of drug-likeness (QED) is 0.779. The van der Waals surface area contributed by atoms with Crippen LogP contribution in [-0.2, 0) is 17.6 Å². The molecule has 0 saturated carbocycles. The number of carbonyl (C=O) groups excluding carboxylic acids is 1. The zero-order chi connectivity index (χ0) is 13.8. The van der Waals surface area contributed by atoms with Gasteiger partial charge in [0.15, 0.2) is 11.5 Å². The second-order valence-corrected chi connectivity index (χ2v) is 4.51. The van der Waals surface area contributed by atoms with Crippen LogP contribution in [0.3, 0.4) is 0 Å². The van der Waals surface area contributed by atoms with Crippen LogP contribution in [0, 0.1) is 0 Å². The van der Waals surface area contributed by atoms with E-state index >= 15 is 0 Å². The molecule has 0 aromatic heterocycles. The molecule has 0 fully saturated rings. The zero-order valence-electron chi connectivity index (χ0n) is 11.4. The molecule has 0 saturated heterocycles. The predicted molar refractivity (Wildman–Crippen MR) is 73.7 cm³/mol. The first kappa shape index (κ1) is 13.5. The largest absolute Gasteiger partial charge is 0.493 e. The smallest absolute Gasteiger partial charge is 0.245 e. The Kier molecular flexibility index (Phi) is 4.10. The number of hydrogen-bond donors (Lipinski definition) is 0. The number of methoxy groups -OCH3 is 2. The molecule has 1 aliphatic heterocycles. The van der Waals surface area contributed by atoms with Crippen molar-refractivity contribution in [1.29, 1.82) is 0 Å². The summed E-state index contributed by atoms with van der Waals surface area (Å²) in [4.78, 5) is 13.5. The molecule has 0 aliphatic carbocycles. The van der Waals surface area contributed by atoms with E-state index in [0.29, 0.717) is 13.1 Å². The van der Waals surface area contributed by atoms with Crippen LogP contribution in [0.4, 0.5) is 0 Å². The molecule has 1 heterocycles. The summed E-state index contributed by atoms with van der Waals surface area (Å²) in [6.07, 6.45) is 3.03. The van der Waals surface area contributed by atoms with E-state index in [4.69, 9.17) is 9.47 Å². The second-order valence-electron chi connectivity index (χ2n) is 4.51. The Balaban J connectivity index is 2.27. The van der Waals surface area contributed by atoms with Gasteiger partial charge in [-0.1, -0.05) is 6.58 Å². The molecule has 0 spiro atoms. The molecule has 1 aliphatic rings. The van der Waals surface area contributed by atoms with Gasteiger partial charge in [0, 0.05) is 13.1 Å². The van der Waals surface area contributed by atoms with Gasteiger partial charge in [0.2, 0.25) is 5.91 Å². The summed E-state index contributed by atoms with van der Waals surface area (Å²) in [6, 6.07) is 4.02. The fraction of sp³-hybridized carbons (Fsp3) is 0.400. The predicted octanol–water partition coefficient (Wildman–Crippen LogP) is 1.82. The third-order valence-corrected chi connectivity index (χ3v) is 3.49. The van der Waals surface area contributed by atoms with E-state index in [1.165, 1.54) is 17.2 Å². The number of benzene rings is 1. The lowest BCUT2D eigenvalue weighted by Gasteiger charge is -2.17. The van der Waals surface area contributed by atoms with Gasteiger partial charge in [-0.3, -0.25) is 4.79 Å². The monoisotopic (exact) mass is 261 g/mol. The molecular formula is C15H19NO3. The number of fused-ring (bicyclic) bond motifs is 1. The van der Waals surface area contributed by atoms with E-state index in [9.17, 15) is 4.79 Å². The summed E-state index contributed by atoms with van der Waals surface area (Å²) < 4.78 is 10.6. The normalized spacial score (nSPS) is 14.3. The van der Waals surface area contributed by atoms with Crippen LogP contribution in [-0.4, -0.2) is 38.1 Å². The molecule has 1 amide bonds. The summed E-state index contributed by atoms with van der Waals surface area (Å²) in [7, 11) is 3.27. The van der Waals surface area contributed by atoms with Crippen LogP contribution >= 0.6 is 0 Å². The lowest BCUT2D eigenvalue weighted by molar-refractivity contribution is -0.125. The van der Waals surface area contributed by atoms with Gasteiger partial charge in [0.25, 0.3) is 0 Å². The molecule has 0 radical (unpaired) electrons. The van der Waals surface area contributed by atoms with Gasteiger partial charge in [-0.2, -0.15) is 0 Å². The highest BCUT2D eigenvalue weighted by Crippen LogP contribution is 2.32. The molecule has 1 aromatic rings. The third-order valence-electron chi connectivity index (χ3n) is 3.49. The second kappa shape index (κ2) is 5.78. The van der Waals surface area contributed by atoms with Crippen LogP contribution in [0.25, 0.3) is 0 Å². The van der Waals surface area contributed by atoms with Crippen molar-refractivity contribution >= 4 is 5.91 Å². The zero-order valence-corrected chi connectivity index (χ0v) is 11.4. The van der Waals surface area contributed by atoms with Gasteiger partial charge in [-0.15, -0.1) is 0 Å². The van der Waals surface area contributed by atoms with Gasteiger partial charge < -0.3 is 14.4 Å². The molecule has 102 valence electrons. The maximum Gasteiger partial charge on any atom is 0.245 e. The van der Waals surface area contributed by atoms with Gasteiger partial charge in [0.05, 0.1) is 14.2 Å². The molecule has 0 bridgehead atoms. The highest BCUT2D eigenvalue weighted by Gasteiger charge is 2.18. The SMILES string of the molecule is C=CC(=O)N1CCc2cc(OC)c(OC)cc2CC1. The van der Waals surface area contributed by atoms with Gasteiger partial charge in [-0.25, -0.2) is 0 Å². The number of hydrogen-bond acceptors (Lipinski definition) is 3. The number of amides is 1. The van der Waals surface area contributed by atoms with Gasteiger partial charge >= 0.3 is 0 Å². The fourth-order valence-corrected chi connectivity index (χ4v) is 2.40. The molecule has 4 nitrogen and oxygen atoms in total. The molecule has 2 rings (SSSR count). The van der Waals surface area contributed by atoms with E-state index in [1.807, 2.05) is 17.0 Å². The minimum Gasteiger partial charge on any atom is -0.493 e. The van der Waals surface area contributed by atoms with Gasteiger partial charge in [-0.05, 0) is 42.2 Å². The van der Waals surface area contributed by atoms with Crippen LogP contribution in [0.1, 0.15) is 11.1 Å². The Labute approximate surface area is 113 Å². The van der Waals surface area contributed by atoms with E-state index in [0.717, 1.165) is 24.3 Å². The number of rotatable bonds is 3. The molecular weight excluding hydrogens is 242 g/mol. The van der Waals surface area contributed by atoms with Crippen molar-refractivity contribution in [3.05, 3.63) is 35.9 Å². The highest BCUT2D eigenvalue weighted by atomic mass is 16.5. The van der Waals surface area contributed by atoms with E-state index in [1.54, 1.807) is 14.2 Å². The maximum absolute atomic E-state index is 11.7. The minimum absolute atomic E-state index is 0.00765. The summed E-state index contributed by atoms with van der Waals surface area (Å²) in [5.41, 5.74) is 2.44. The molecule has 0 N–H and O–H groups in total. The summed E-state index contributed by atoms with van der Waals surface area (Å²) in [5.74, 6) is 1.47. The Bertz CT molecular complexity index is 461. The Hall–Kier alpha value is -1.97. The van der Waals surface area contributed by atoms with Crippen molar-refractivity contribution in [2.75, 3.05) is 27.3 Å². The first-order valence-corrected chi connectivity index (χ1v) is 6.34. The van der Waals surface area contributed by atoms with Gasteiger partial charge in [0.1, 0.15) is 0 Å². The lowest BCUT2D eigenvalue weighted by atomic mass is 10.0. The van der Waals surface area contributed by atoms with Crippen molar-refractivity contribution in [3.63, 3.8) is 0 Å². The van der Waals surface area contributed by atoms with E-state index in [-0.39, 0.29) is 5.91 Å². The minimum atomic E-state index is -0.00765. The molecule has 0 unspecified atom stereocenters. The number of carbonyl (C=O) groups is 1. The molecule has 19 heavy (non-hydrogen) atoms. The third kappa shape index (κ3) is 2.72. The molecule has 4 heteroatoms. The number of ether oxygens (including phenoxy) is 2. The average Bonchev–Trinajstić information content (AvgIpc) is 2.66. The van der Waals surface area contributed by atoms with Crippen LogP contribution in [0.2, 0.25) is 0 Å². The Morgan fingerprint density at radius 3 is 2.00 bits per heavy atom. The van der Waals surface area contributed by atoms with Crippen LogP contribution < -0.4 is 9.47 Å². The van der Waals surface area contributed by atoms with Crippen LogP contribution in [0.15, 0.2) is 24.8 Å². The highest BCUT2D eigenvalue weighted by molar-refractivity contribution is 5.87. The van der Waals surface area contributed by atoms with E-state index < -0.39 is 0 Å². The van der Waals surface area contributed by atoms with Crippen molar-refractivity contribution in [2.45, 2.75) is 12.8 Å². The van der Waals surface area contributed by atoms with Crippen molar-refractivity contribution < 1.29 is 14.3 Å². The fourth-order valence-electron chi connectivity index (χ4n) is 2.40. The topological polar surface area (TPSA) is 38.8 Å². The van der Waals surface area contributed by atoms with Crippen LogP contribution in [0.5, 0.6) is 11.5 Å². The first-order chi connectivity index (χ1) is 9.19. The maximum atomic E-state index is 11.7.